The summed E-state index contributed by atoms with van der Waals surface area (Å²) in [6.07, 6.45) is 9.89. The summed E-state index contributed by atoms with van der Waals surface area (Å²) in [5.74, 6) is -2.15. The fourth-order valence-electron chi connectivity index (χ4n) is 2.34. The summed E-state index contributed by atoms with van der Waals surface area (Å²) in [5.41, 5.74) is 0.893. The van der Waals surface area contributed by atoms with Crippen LogP contribution >= 0.6 is 0 Å². The number of unbranched alkanes of at least 4 members (excludes halogenated alkanes) is 4. The minimum absolute atomic E-state index is 0.0949. The summed E-state index contributed by atoms with van der Waals surface area (Å²) in [4.78, 5) is 23.1. The number of carbonyl (C=O) groups excluding carboxylic acids is 1. The molecule has 0 amide bonds. The number of carboxylic acid groups (broad SMARTS) is 1. The predicted molar refractivity (Wildman–Crippen MR) is 94.5 cm³/mol. The number of benzene rings is 1. The van der Waals surface area contributed by atoms with E-state index in [1.54, 1.807) is 0 Å². The number of carboxylic acids is 1. The molecule has 0 radical (unpaired) electrons. The smallest absolute Gasteiger partial charge is 0.307 e. The van der Waals surface area contributed by atoms with E-state index in [0.717, 1.165) is 18.4 Å². The topological polar surface area (TPSA) is 63.6 Å². The van der Waals surface area contributed by atoms with Crippen molar-refractivity contribution in [3.8, 4) is 0 Å². The van der Waals surface area contributed by atoms with Crippen LogP contribution in [0.3, 0.4) is 0 Å². The molecule has 1 N–H and O–H groups in total. The molecule has 4 heteroatoms. The lowest BCUT2D eigenvalue weighted by Crippen LogP contribution is -2.19. The van der Waals surface area contributed by atoms with E-state index in [1.165, 1.54) is 19.3 Å². The van der Waals surface area contributed by atoms with Crippen LogP contribution in [0, 0.1) is 5.92 Å². The zero-order valence-electron chi connectivity index (χ0n) is 14.4. The summed E-state index contributed by atoms with van der Waals surface area (Å²) in [6, 6.07) is 9.36. The molecule has 0 saturated carbocycles. The molecule has 0 aliphatic heterocycles. The molecule has 0 aliphatic rings. The van der Waals surface area contributed by atoms with Crippen LogP contribution in [0.2, 0.25) is 0 Å². The standard InChI is InChI=1S/C20H28O4/c1-2-3-4-5-6-7-11-14-18(20(22)23)15-19(21)24-16-17-12-9-8-10-13-17/h7-13,18H,2-6,14-16H2,1H3,(H,22,23)/b11-7+. The van der Waals surface area contributed by atoms with Crippen molar-refractivity contribution in [2.45, 2.75) is 58.5 Å². The third kappa shape index (κ3) is 9.13. The Kier molecular flexibility index (Phi) is 10.3. The molecule has 1 atom stereocenters. The number of carbonyl (C=O) groups is 2. The molecule has 1 unspecified atom stereocenters. The number of hydrogen-bond acceptors (Lipinski definition) is 3. The zero-order chi connectivity index (χ0) is 17.6. The van der Waals surface area contributed by atoms with E-state index in [9.17, 15) is 14.7 Å². The van der Waals surface area contributed by atoms with Gasteiger partial charge < -0.3 is 9.84 Å². The van der Waals surface area contributed by atoms with Crippen LogP contribution in [0.25, 0.3) is 0 Å². The zero-order valence-corrected chi connectivity index (χ0v) is 14.4. The summed E-state index contributed by atoms with van der Waals surface area (Å²) in [5, 5.41) is 9.24. The second kappa shape index (κ2) is 12.3. The van der Waals surface area contributed by atoms with E-state index >= 15 is 0 Å². The highest BCUT2D eigenvalue weighted by Crippen LogP contribution is 2.13. The van der Waals surface area contributed by atoms with Gasteiger partial charge in [0.05, 0.1) is 12.3 Å². The van der Waals surface area contributed by atoms with Crippen molar-refractivity contribution in [2.75, 3.05) is 0 Å². The highest BCUT2D eigenvalue weighted by Gasteiger charge is 2.20. The molecule has 0 fully saturated rings. The van der Waals surface area contributed by atoms with E-state index in [0.29, 0.717) is 6.42 Å². The van der Waals surface area contributed by atoms with Gasteiger partial charge >= 0.3 is 11.9 Å². The number of esters is 1. The molecule has 0 aliphatic carbocycles. The van der Waals surface area contributed by atoms with E-state index < -0.39 is 17.9 Å². The molecule has 0 spiro atoms. The van der Waals surface area contributed by atoms with E-state index in [1.807, 2.05) is 42.5 Å². The first-order valence-electron chi connectivity index (χ1n) is 8.70. The molecule has 24 heavy (non-hydrogen) atoms. The van der Waals surface area contributed by atoms with Crippen molar-refractivity contribution in [2.24, 2.45) is 5.92 Å². The molecule has 1 aromatic carbocycles. The van der Waals surface area contributed by atoms with Crippen molar-refractivity contribution in [1.29, 1.82) is 0 Å². The van der Waals surface area contributed by atoms with Gasteiger partial charge in [0.25, 0.3) is 0 Å². The quantitative estimate of drug-likeness (QED) is 0.341. The highest BCUT2D eigenvalue weighted by atomic mass is 16.5. The van der Waals surface area contributed by atoms with Crippen LogP contribution in [-0.4, -0.2) is 17.0 Å². The lowest BCUT2D eigenvalue weighted by molar-refractivity contribution is -0.152. The maximum absolute atomic E-state index is 11.8. The van der Waals surface area contributed by atoms with Gasteiger partial charge in [0.2, 0.25) is 0 Å². The number of aliphatic carboxylic acids is 1. The SMILES string of the molecule is CCCCCC/C=C/CC(CC(=O)OCc1ccccc1)C(=O)O. The molecule has 132 valence electrons. The fraction of sp³-hybridized carbons (Fsp3) is 0.500. The Hall–Kier alpha value is -2.10. The van der Waals surface area contributed by atoms with Gasteiger partial charge in [-0.2, -0.15) is 0 Å². The van der Waals surface area contributed by atoms with Gasteiger partial charge in [-0.25, -0.2) is 0 Å². The minimum Gasteiger partial charge on any atom is -0.481 e. The van der Waals surface area contributed by atoms with Crippen LogP contribution < -0.4 is 0 Å². The van der Waals surface area contributed by atoms with Crippen LogP contribution in [0.4, 0.5) is 0 Å². The maximum atomic E-state index is 11.8. The summed E-state index contributed by atoms with van der Waals surface area (Å²) < 4.78 is 5.15. The minimum atomic E-state index is -0.956. The van der Waals surface area contributed by atoms with Gasteiger partial charge in [0.15, 0.2) is 0 Å². The summed E-state index contributed by atoms with van der Waals surface area (Å²) in [7, 11) is 0. The number of allylic oxidation sites excluding steroid dienone is 2. The van der Waals surface area contributed by atoms with Crippen molar-refractivity contribution in [1.82, 2.24) is 0 Å². The Morgan fingerprint density at radius 3 is 2.54 bits per heavy atom. The largest absolute Gasteiger partial charge is 0.481 e. The van der Waals surface area contributed by atoms with Crippen LogP contribution in [0.15, 0.2) is 42.5 Å². The molecule has 0 bridgehead atoms. The van der Waals surface area contributed by atoms with Crippen LogP contribution in [-0.2, 0) is 20.9 Å². The van der Waals surface area contributed by atoms with Gasteiger partial charge in [-0.15, -0.1) is 0 Å². The fourth-order valence-corrected chi connectivity index (χ4v) is 2.34. The maximum Gasteiger partial charge on any atom is 0.307 e. The predicted octanol–water partition coefficient (Wildman–Crippen LogP) is 4.74. The monoisotopic (exact) mass is 332 g/mol. The van der Waals surface area contributed by atoms with E-state index in [2.05, 4.69) is 6.92 Å². The Morgan fingerprint density at radius 1 is 1.12 bits per heavy atom. The molecule has 0 heterocycles. The van der Waals surface area contributed by atoms with Gasteiger partial charge in [-0.05, 0) is 24.8 Å². The highest BCUT2D eigenvalue weighted by molar-refractivity contribution is 5.78. The molecule has 4 nitrogen and oxygen atoms in total. The van der Waals surface area contributed by atoms with Gasteiger partial charge in [-0.3, -0.25) is 9.59 Å². The number of ether oxygens (including phenoxy) is 1. The van der Waals surface area contributed by atoms with Gasteiger partial charge in [0.1, 0.15) is 6.61 Å². The summed E-state index contributed by atoms with van der Waals surface area (Å²) in [6.45, 7) is 2.35. The average molecular weight is 332 g/mol. The second-order valence-corrected chi connectivity index (χ2v) is 5.94. The van der Waals surface area contributed by atoms with Crippen molar-refractivity contribution < 1.29 is 19.4 Å². The van der Waals surface area contributed by atoms with Crippen LogP contribution in [0.5, 0.6) is 0 Å². The van der Waals surface area contributed by atoms with Crippen molar-refractivity contribution in [3.63, 3.8) is 0 Å². The molecular weight excluding hydrogens is 304 g/mol. The first-order valence-corrected chi connectivity index (χ1v) is 8.70. The van der Waals surface area contributed by atoms with Crippen LogP contribution in [0.1, 0.15) is 57.4 Å². The van der Waals surface area contributed by atoms with Gasteiger partial charge in [-0.1, -0.05) is 68.7 Å². The molecule has 0 saturated heterocycles. The van der Waals surface area contributed by atoms with E-state index in [-0.39, 0.29) is 13.0 Å². The normalized spacial score (nSPS) is 12.2. The van der Waals surface area contributed by atoms with E-state index in [4.69, 9.17) is 4.74 Å². The number of rotatable bonds is 12. The third-order valence-corrected chi connectivity index (χ3v) is 3.82. The molecule has 1 aromatic rings. The lowest BCUT2D eigenvalue weighted by atomic mass is 10.0. The third-order valence-electron chi connectivity index (χ3n) is 3.82. The molecule has 1 rings (SSSR count). The second-order valence-electron chi connectivity index (χ2n) is 5.94. The first kappa shape index (κ1) is 19.9. The Balaban J connectivity index is 2.30. The average Bonchev–Trinajstić information content (AvgIpc) is 2.59. The molecular formula is C20H28O4. The van der Waals surface area contributed by atoms with Crippen molar-refractivity contribution >= 4 is 11.9 Å². The lowest BCUT2D eigenvalue weighted by Gasteiger charge is -2.10. The Morgan fingerprint density at radius 2 is 1.88 bits per heavy atom. The number of hydrogen-bond donors (Lipinski definition) is 1. The Labute approximate surface area is 144 Å². The first-order chi connectivity index (χ1) is 11.6. The Bertz CT molecular complexity index is 508. The van der Waals surface area contributed by atoms with Crippen molar-refractivity contribution in [3.05, 3.63) is 48.0 Å². The van der Waals surface area contributed by atoms with Gasteiger partial charge in [0, 0.05) is 0 Å². The molecule has 0 aromatic heterocycles. The summed E-state index contributed by atoms with van der Waals surface area (Å²) >= 11 is 0.